The van der Waals surface area contributed by atoms with E-state index in [9.17, 15) is 0 Å². The zero-order chi connectivity index (χ0) is 14.9. The highest BCUT2D eigenvalue weighted by Gasteiger charge is 2.05. The Morgan fingerprint density at radius 3 is 2.76 bits per heavy atom. The summed E-state index contributed by atoms with van der Waals surface area (Å²) in [6.07, 6.45) is 1.77. The molecule has 4 nitrogen and oxygen atoms in total. The van der Waals surface area contributed by atoms with Gasteiger partial charge in [0, 0.05) is 31.5 Å². The van der Waals surface area contributed by atoms with Gasteiger partial charge in [0.15, 0.2) is 0 Å². The van der Waals surface area contributed by atoms with Gasteiger partial charge in [0.25, 0.3) is 0 Å². The molecule has 2 aromatic rings. The lowest BCUT2D eigenvalue weighted by Gasteiger charge is -2.13. The van der Waals surface area contributed by atoms with Crippen molar-refractivity contribution in [1.29, 1.82) is 0 Å². The quantitative estimate of drug-likeness (QED) is 0.782. The maximum Gasteiger partial charge on any atom is 0.130 e. The molecule has 0 amide bonds. The van der Waals surface area contributed by atoms with E-state index < -0.39 is 0 Å². The summed E-state index contributed by atoms with van der Waals surface area (Å²) in [5.41, 5.74) is 2.02. The van der Waals surface area contributed by atoms with Gasteiger partial charge in [0.2, 0.25) is 0 Å². The third kappa shape index (κ3) is 5.17. The second-order valence-electron chi connectivity index (χ2n) is 5.14. The maximum absolute atomic E-state index is 9.03. The smallest absolute Gasteiger partial charge is 0.130 e. The normalized spacial score (nSPS) is 12.1. The van der Waals surface area contributed by atoms with Crippen molar-refractivity contribution in [3.8, 4) is 5.75 Å². The van der Waals surface area contributed by atoms with Crippen LogP contribution in [0, 0.1) is 5.92 Å². The van der Waals surface area contributed by atoms with E-state index in [0.717, 1.165) is 30.1 Å². The van der Waals surface area contributed by atoms with Gasteiger partial charge in [-0.05, 0) is 24.1 Å². The summed E-state index contributed by atoms with van der Waals surface area (Å²) in [6.45, 7) is 4.18. The molecule has 4 heteroatoms. The third-order valence-electron chi connectivity index (χ3n) is 3.19. The maximum atomic E-state index is 9.03. The van der Waals surface area contributed by atoms with E-state index in [0.29, 0.717) is 6.61 Å². The summed E-state index contributed by atoms with van der Waals surface area (Å²) >= 11 is 0. The van der Waals surface area contributed by atoms with E-state index in [1.807, 2.05) is 49.4 Å². The van der Waals surface area contributed by atoms with Crippen LogP contribution in [-0.2, 0) is 13.2 Å². The number of ether oxygens (including phenoxy) is 1. The topological polar surface area (TPSA) is 54.4 Å². The van der Waals surface area contributed by atoms with Crippen LogP contribution in [-0.4, -0.2) is 23.2 Å². The number of nitrogens with zero attached hydrogens (tertiary/aromatic N) is 1. The minimum absolute atomic E-state index is 0.199. The predicted octanol–water partition coefficient (Wildman–Crippen LogP) is 2.38. The van der Waals surface area contributed by atoms with Crippen LogP contribution in [0.2, 0.25) is 0 Å². The highest BCUT2D eigenvalue weighted by molar-refractivity contribution is 5.33. The molecule has 1 unspecified atom stereocenters. The fourth-order valence-corrected chi connectivity index (χ4v) is 1.94. The number of aromatic nitrogens is 1. The van der Waals surface area contributed by atoms with Crippen LogP contribution in [0.4, 0.5) is 0 Å². The molecule has 0 aliphatic carbocycles. The monoisotopic (exact) mass is 286 g/mol. The van der Waals surface area contributed by atoms with Gasteiger partial charge in [-0.25, -0.2) is 0 Å². The number of hydrogen-bond donors (Lipinski definition) is 2. The highest BCUT2D eigenvalue weighted by Crippen LogP contribution is 2.18. The minimum atomic E-state index is 0.199. The van der Waals surface area contributed by atoms with Gasteiger partial charge in [-0.2, -0.15) is 0 Å². The van der Waals surface area contributed by atoms with E-state index >= 15 is 0 Å². The van der Waals surface area contributed by atoms with E-state index in [-0.39, 0.29) is 12.5 Å². The molecule has 2 rings (SSSR count). The molecule has 0 spiro atoms. The number of benzene rings is 1. The molecule has 0 aliphatic rings. The van der Waals surface area contributed by atoms with Crippen molar-refractivity contribution in [2.75, 3.05) is 13.2 Å². The predicted molar refractivity (Wildman–Crippen MR) is 83.0 cm³/mol. The van der Waals surface area contributed by atoms with E-state index in [1.54, 1.807) is 6.20 Å². The standard InChI is InChI=1S/C17H22N2O2/c1-14(12-20)10-18-11-15-6-2-3-8-17(15)21-13-16-7-4-5-9-19-16/h2-9,14,18,20H,10-13H2,1H3. The lowest BCUT2D eigenvalue weighted by Crippen LogP contribution is -2.23. The van der Waals surface area contributed by atoms with Crippen LogP contribution in [0.15, 0.2) is 48.7 Å². The molecule has 1 atom stereocenters. The zero-order valence-electron chi connectivity index (χ0n) is 12.3. The van der Waals surface area contributed by atoms with Crippen molar-refractivity contribution >= 4 is 0 Å². The summed E-state index contributed by atoms with van der Waals surface area (Å²) in [6, 6.07) is 13.8. The molecule has 1 aromatic heterocycles. The van der Waals surface area contributed by atoms with Gasteiger partial charge in [-0.3, -0.25) is 4.98 Å². The average Bonchev–Trinajstić information content (AvgIpc) is 2.54. The Hall–Kier alpha value is -1.91. The van der Waals surface area contributed by atoms with Crippen LogP contribution in [0.25, 0.3) is 0 Å². The Bertz CT molecular complexity index is 531. The number of rotatable bonds is 8. The van der Waals surface area contributed by atoms with Gasteiger partial charge < -0.3 is 15.2 Å². The summed E-state index contributed by atoms with van der Waals surface area (Å²) in [7, 11) is 0. The number of pyridine rings is 1. The van der Waals surface area contributed by atoms with Gasteiger partial charge in [-0.1, -0.05) is 31.2 Å². The van der Waals surface area contributed by atoms with Crippen LogP contribution in [0.5, 0.6) is 5.75 Å². The van der Waals surface area contributed by atoms with Crippen LogP contribution in [0.3, 0.4) is 0 Å². The summed E-state index contributed by atoms with van der Waals surface area (Å²) in [4.78, 5) is 4.25. The Labute approximate surface area is 125 Å². The van der Waals surface area contributed by atoms with E-state index in [2.05, 4.69) is 10.3 Å². The third-order valence-corrected chi connectivity index (χ3v) is 3.19. The lowest BCUT2D eigenvalue weighted by molar-refractivity contribution is 0.233. The zero-order valence-corrected chi connectivity index (χ0v) is 12.3. The number of hydrogen-bond acceptors (Lipinski definition) is 4. The molecule has 2 N–H and O–H groups in total. The molecule has 0 saturated carbocycles. The molecule has 0 fully saturated rings. The van der Waals surface area contributed by atoms with Crippen LogP contribution < -0.4 is 10.1 Å². The summed E-state index contributed by atoms with van der Waals surface area (Å²) < 4.78 is 5.86. The molecular weight excluding hydrogens is 264 g/mol. The Morgan fingerprint density at radius 2 is 2.00 bits per heavy atom. The van der Waals surface area contributed by atoms with Crippen molar-refractivity contribution in [2.24, 2.45) is 5.92 Å². The van der Waals surface area contributed by atoms with Gasteiger partial charge >= 0.3 is 0 Å². The van der Waals surface area contributed by atoms with Crippen molar-refractivity contribution < 1.29 is 9.84 Å². The number of aliphatic hydroxyl groups excluding tert-OH is 1. The Kier molecular flexibility index (Phi) is 6.19. The molecular formula is C17H22N2O2. The first-order valence-corrected chi connectivity index (χ1v) is 7.21. The SMILES string of the molecule is CC(CO)CNCc1ccccc1OCc1ccccn1. The minimum Gasteiger partial charge on any atom is -0.487 e. The van der Waals surface area contributed by atoms with Crippen molar-refractivity contribution in [3.63, 3.8) is 0 Å². The lowest BCUT2D eigenvalue weighted by atomic mass is 10.1. The summed E-state index contributed by atoms with van der Waals surface area (Å²) in [5, 5.41) is 12.4. The average molecular weight is 286 g/mol. The molecule has 0 saturated heterocycles. The molecule has 0 radical (unpaired) electrons. The first-order valence-electron chi connectivity index (χ1n) is 7.21. The molecule has 1 heterocycles. The van der Waals surface area contributed by atoms with Crippen LogP contribution in [0.1, 0.15) is 18.2 Å². The highest BCUT2D eigenvalue weighted by atomic mass is 16.5. The molecule has 21 heavy (non-hydrogen) atoms. The molecule has 112 valence electrons. The largest absolute Gasteiger partial charge is 0.487 e. The Balaban J connectivity index is 1.90. The van der Waals surface area contributed by atoms with E-state index in [1.165, 1.54) is 0 Å². The number of para-hydroxylation sites is 1. The molecule has 1 aromatic carbocycles. The first-order chi connectivity index (χ1) is 10.3. The fourth-order valence-electron chi connectivity index (χ4n) is 1.94. The number of aliphatic hydroxyl groups is 1. The van der Waals surface area contributed by atoms with E-state index in [4.69, 9.17) is 9.84 Å². The Morgan fingerprint density at radius 1 is 1.19 bits per heavy atom. The van der Waals surface area contributed by atoms with Gasteiger partial charge in [-0.15, -0.1) is 0 Å². The summed E-state index contributed by atoms with van der Waals surface area (Å²) in [5.74, 6) is 1.12. The molecule has 0 bridgehead atoms. The van der Waals surface area contributed by atoms with Crippen molar-refractivity contribution in [3.05, 3.63) is 59.9 Å². The van der Waals surface area contributed by atoms with Gasteiger partial charge in [0.1, 0.15) is 12.4 Å². The second-order valence-corrected chi connectivity index (χ2v) is 5.14. The molecule has 0 aliphatic heterocycles. The van der Waals surface area contributed by atoms with Crippen molar-refractivity contribution in [2.45, 2.75) is 20.1 Å². The van der Waals surface area contributed by atoms with Gasteiger partial charge in [0.05, 0.1) is 5.69 Å². The van der Waals surface area contributed by atoms with Crippen molar-refractivity contribution in [1.82, 2.24) is 10.3 Å². The van der Waals surface area contributed by atoms with Crippen LogP contribution >= 0.6 is 0 Å². The first kappa shape index (κ1) is 15.5. The number of nitrogens with one attached hydrogen (secondary N) is 1. The second kappa shape index (κ2) is 8.39. The fraction of sp³-hybridized carbons (Fsp3) is 0.353.